The summed E-state index contributed by atoms with van der Waals surface area (Å²) in [5.41, 5.74) is -1.70. The number of Topliss-reactive ketones (excluding diaryl/α,β-unsaturated/α-hetero) is 1. The van der Waals surface area contributed by atoms with Crippen molar-refractivity contribution in [1.82, 2.24) is 0 Å². The van der Waals surface area contributed by atoms with E-state index in [4.69, 9.17) is 11.6 Å². The lowest BCUT2D eigenvalue weighted by atomic mass is 10.0. The summed E-state index contributed by atoms with van der Waals surface area (Å²) in [4.78, 5) is 11.1. The van der Waals surface area contributed by atoms with Gasteiger partial charge in [-0.05, 0) is 18.2 Å². The molecule has 0 spiro atoms. The largest absolute Gasteiger partial charge is 0.573 e. The van der Waals surface area contributed by atoms with Crippen LogP contribution in [0.4, 0.5) is 26.3 Å². The molecule has 0 aliphatic carbocycles. The number of ketones is 1. The second-order valence-corrected chi connectivity index (χ2v) is 3.98. The van der Waals surface area contributed by atoms with Crippen molar-refractivity contribution in [2.24, 2.45) is 0 Å². The van der Waals surface area contributed by atoms with E-state index in [2.05, 4.69) is 4.74 Å². The predicted molar refractivity (Wildman–Crippen MR) is 57.6 cm³/mol. The summed E-state index contributed by atoms with van der Waals surface area (Å²) in [6, 6.07) is 1.40. The van der Waals surface area contributed by atoms with Crippen LogP contribution < -0.4 is 4.74 Å². The molecule has 0 radical (unpaired) electrons. The third kappa shape index (κ3) is 4.92. The van der Waals surface area contributed by atoms with Crippen LogP contribution in [0.1, 0.15) is 11.1 Å². The van der Waals surface area contributed by atoms with Crippen molar-refractivity contribution in [2.45, 2.75) is 19.0 Å². The summed E-state index contributed by atoms with van der Waals surface area (Å²) in [5.74, 6) is -2.11. The van der Waals surface area contributed by atoms with Gasteiger partial charge in [0.05, 0.1) is 11.4 Å². The zero-order chi connectivity index (χ0) is 15.6. The van der Waals surface area contributed by atoms with Crippen molar-refractivity contribution in [2.75, 3.05) is 5.88 Å². The second kappa shape index (κ2) is 5.90. The molecule has 9 heteroatoms. The van der Waals surface area contributed by atoms with E-state index < -0.39 is 47.5 Å². The summed E-state index contributed by atoms with van der Waals surface area (Å²) in [6.45, 7) is 0. The van der Waals surface area contributed by atoms with Gasteiger partial charge in [-0.1, -0.05) is 0 Å². The van der Waals surface area contributed by atoms with Gasteiger partial charge in [-0.3, -0.25) is 4.79 Å². The summed E-state index contributed by atoms with van der Waals surface area (Å²) in [6.07, 6.45) is -10.5. The maximum Gasteiger partial charge on any atom is 0.573 e. The third-order valence-electron chi connectivity index (χ3n) is 2.15. The molecular weight excluding hydrogens is 314 g/mol. The van der Waals surface area contributed by atoms with Crippen molar-refractivity contribution in [3.05, 3.63) is 29.3 Å². The minimum absolute atomic E-state index is 0.436. The lowest BCUT2D eigenvalue weighted by Gasteiger charge is -2.15. The van der Waals surface area contributed by atoms with Crippen molar-refractivity contribution in [1.29, 1.82) is 0 Å². The SMILES string of the molecule is O=C(CCl)Cc1cc(C(F)(F)F)ccc1OC(F)(F)F. The third-order valence-corrected chi connectivity index (χ3v) is 2.45. The minimum atomic E-state index is -5.07. The van der Waals surface area contributed by atoms with Crippen molar-refractivity contribution < 1.29 is 35.9 Å². The fraction of sp³-hybridized carbons (Fsp3) is 0.364. The molecule has 20 heavy (non-hydrogen) atoms. The van der Waals surface area contributed by atoms with Gasteiger partial charge in [0.25, 0.3) is 0 Å². The number of carbonyl (C=O) groups is 1. The smallest absolute Gasteiger partial charge is 0.405 e. The zero-order valence-corrected chi connectivity index (χ0v) is 10.4. The lowest BCUT2D eigenvalue weighted by Crippen LogP contribution is -2.19. The second-order valence-electron chi connectivity index (χ2n) is 3.72. The van der Waals surface area contributed by atoms with Gasteiger partial charge in [0.2, 0.25) is 0 Å². The molecule has 0 saturated carbocycles. The highest BCUT2D eigenvalue weighted by Gasteiger charge is 2.35. The Morgan fingerprint density at radius 3 is 2.20 bits per heavy atom. The Morgan fingerprint density at radius 1 is 1.15 bits per heavy atom. The molecule has 2 nitrogen and oxygen atoms in total. The first kappa shape index (κ1) is 16.6. The molecule has 1 rings (SSSR count). The van der Waals surface area contributed by atoms with Crippen LogP contribution in [0.5, 0.6) is 5.75 Å². The Bertz CT molecular complexity index is 495. The number of benzene rings is 1. The van der Waals surface area contributed by atoms with Crippen LogP contribution >= 0.6 is 11.6 Å². The van der Waals surface area contributed by atoms with Crippen LogP contribution in [-0.4, -0.2) is 18.0 Å². The number of rotatable bonds is 4. The zero-order valence-electron chi connectivity index (χ0n) is 9.61. The average molecular weight is 321 g/mol. The number of ether oxygens (including phenoxy) is 1. The number of hydrogen-bond acceptors (Lipinski definition) is 2. The number of alkyl halides is 7. The summed E-state index contributed by atoms with van der Waals surface area (Å²) < 4.78 is 77.4. The molecule has 0 aliphatic rings. The number of hydrogen-bond donors (Lipinski definition) is 0. The molecule has 0 aliphatic heterocycles. The van der Waals surface area contributed by atoms with E-state index >= 15 is 0 Å². The molecule has 0 atom stereocenters. The monoisotopic (exact) mass is 320 g/mol. The van der Waals surface area contributed by atoms with Gasteiger partial charge in [0.15, 0.2) is 5.78 Å². The first-order chi connectivity index (χ1) is 9.03. The van der Waals surface area contributed by atoms with Gasteiger partial charge in [-0.2, -0.15) is 13.2 Å². The van der Waals surface area contributed by atoms with Crippen molar-refractivity contribution in [3.63, 3.8) is 0 Å². The summed E-state index contributed by atoms with van der Waals surface area (Å²) in [5, 5.41) is 0. The van der Waals surface area contributed by atoms with E-state index in [1.54, 1.807) is 0 Å². The van der Waals surface area contributed by atoms with E-state index in [9.17, 15) is 31.1 Å². The molecule has 0 fully saturated rings. The Kier molecular flexibility index (Phi) is 4.90. The molecule has 0 N–H and O–H groups in total. The van der Waals surface area contributed by atoms with E-state index in [-0.39, 0.29) is 0 Å². The molecule has 0 heterocycles. The Labute approximate surface area is 114 Å². The van der Waals surface area contributed by atoms with Crippen LogP contribution in [-0.2, 0) is 17.4 Å². The maximum atomic E-state index is 12.5. The van der Waals surface area contributed by atoms with Crippen molar-refractivity contribution >= 4 is 17.4 Å². The molecule has 112 valence electrons. The molecule has 0 saturated heterocycles. The van der Waals surface area contributed by atoms with Crippen molar-refractivity contribution in [3.8, 4) is 5.75 Å². The van der Waals surface area contributed by atoms with Gasteiger partial charge in [-0.15, -0.1) is 24.8 Å². The summed E-state index contributed by atoms with van der Waals surface area (Å²) in [7, 11) is 0. The fourth-order valence-electron chi connectivity index (χ4n) is 1.38. The molecule has 0 unspecified atom stereocenters. The minimum Gasteiger partial charge on any atom is -0.405 e. The maximum absolute atomic E-state index is 12.5. The Balaban J connectivity index is 3.19. The first-order valence-electron chi connectivity index (χ1n) is 5.06. The van der Waals surface area contributed by atoms with Gasteiger partial charge in [-0.25, -0.2) is 0 Å². The molecule has 1 aromatic carbocycles. The van der Waals surface area contributed by atoms with Gasteiger partial charge >= 0.3 is 12.5 Å². The molecular formula is C11H7ClF6O2. The molecule has 0 amide bonds. The van der Waals surface area contributed by atoms with Crippen LogP contribution in [0.25, 0.3) is 0 Å². The predicted octanol–water partition coefficient (Wildman–Crippen LogP) is 3.95. The normalized spacial score (nSPS) is 12.3. The van der Waals surface area contributed by atoms with Gasteiger partial charge in [0, 0.05) is 12.0 Å². The molecule has 1 aromatic rings. The van der Waals surface area contributed by atoms with Gasteiger partial charge < -0.3 is 4.74 Å². The lowest BCUT2D eigenvalue weighted by molar-refractivity contribution is -0.274. The highest BCUT2D eigenvalue weighted by Crippen LogP contribution is 2.34. The fourth-order valence-corrected chi connectivity index (χ4v) is 1.47. The van der Waals surface area contributed by atoms with E-state index in [1.165, 1.54) is 0 Å². The first-order valence-corrected chi connectivity index (χ1v) is 5.60. The van der Waals surface area contributed by atoms with E-state index in [0.29, 0.717) is 18.2 Å². The molecule has 0 bridgehead atoms. The highest BCUT2D eigenvalue weighted by molar-refractivity contribution is 6.27. The topological polar surface area (TPSA) is 26.3 Å². The van der Waals surface area contributed by atoms with Crippen LogP contribution in [0.2, 0.25) is 0 Å². The summed E-state index contributed by atoms with van der Waals surface area (Å²) >= 11 is 5.18. The number of carbonyl (C=O) groups excluding carboxylic acids is 1. The highest BCUT2D eigenvalue weighted by atomic mass is 35.5. The Morgan fingerprint density at radius 2 is 1.75 bits per heavy atom. The van der Waals surface area contributed by atoms with Crippen LogP contribution in [0, 0.1) is 0 Å². The molecule has 0 aromatic heterocycles. The van der Waals surface area contributed by atoms with Gasteiger partial charge in [0.1, 0.15) is 5.75 Å². The van der Waals surface area contributed by atoms with E-state index in [0.717, 1.165) is 0 Å². The number of halogens is 7. The quantitative estimate of drug-likeness (QED) is 0.620. The van der Waals surface area contributed by atoms with Crippen LogP contribution in [0.15, 0.2) is 18.2 Å². The van der Waals surface area contributed by atoms with E-state index in [1.807, 2.05) is 0 Å². The average Bonchev–Trinajstić information content (AvgIpc) is 2.28. The van der Waals surface area contributed by atoms with Crippen LogP contribution in [0.3, 0.4) is 0 Å². The Hall–Kier alpha value is -1.44. The standard InChI is InChI=1S/C11H7ClF6O2/c12-5-8(19)4-6-3-7(10(13,14)15)1-2-9(6)20-11(16,17)18/h1-3H,4-5H2.